The van der Waals surface area contributed by atoms with Crippen LogP contribution in [0.1, 0.15) is 31.7 Å². The summed E-state index contributed by atoms with van der Waals surface area (Å²) >= 11 is 3.40. The highest BCUT2D eigenvalue weighted by Gasteiger charge is 2.01. The molecule has 0 saturated heterocycles. The zero-order valence-corrected chi connectivity index (χ0v) is 10.9. The first kappa shape index (κ1) is 12.6. The molecule has 0 bridgehead atoms. The summed E-state index contributed by atoms with van der Waals surface area (Å²) < 4.78 is 5.74. The minimum atomic E-state index is 0.800. The second kappa shape index (κ2) is 7.75. The number of ether oxygens (including phenoxy) is 1. The Kier molecular flexibility index (Phi) is 6.49. The van der Waals surface area contributed by atoms with Gasteiger partial charge in [-0.15, -0.1) is 0 Å². The summed E-state index contributed by atoms with van der Waals surface area (Å²) in [6.07, 6.45) is 4.65. The standard InChI is InChI=1S/C13H19BrO/c1-2-3-7-12-8-4-5-9-13(12)15-11-6-10-14/h4-5,8-9H,2-3,6-7,10-11H2,1H3. The molecule has 0 N–H and O–H groups in total. The van der Waals surface area contributed by atoms with E-state index in [0.29, 0.717) is 0 Å². The summed E-state index contributed by atoms with van der Waals surface area (Å²) in [5.41, 5.74) is 1.34. The van der Waals surface area contributed by atoms with Crippen LogP contribution in [0.4, 0.5) is 0 Å². The van der Waals surface area contributed by atoms with Crippen LogP contribution in [-0.2, 0) is 6.42 Å². The van der Waals surface area contributed by atoms with Gasteiger partial charge in [-0.3, -0.25) is 0 Å². The van der Waals surface area contributed by atoms with Crippen LogP contribution in [0.5, 0.6) is 5.75 Å². The number of rotatable bonds is 7. The van der Waals surface area contributed by atoms with Crippen LogP contribution in [-0.4, -0.2) is 11.9 Å². The molecule has 1 rings (SSSR count). The van der Waals surface area contributed by atoms with Gasteiger partial charge < -0.3 is 4.74 Å². The fraction of sp³-hybridized carbons (Fsp3) is 0.538. The van der Waals surface area contributed by atoms with E-state index in [1.807, 2.05) is 6.07 Å². The zero-order chi connectivity index (χ0) is 10.9. The largest absolute Gasteiger partial charge is 0.493 e. The molecule has 0 aliphatic carbocycles. The number of halogens is 1. The molecular weight excluding hydrogens is 252 g/mol. The molecule has 2 heteroatoms. The average Bonchev–Trinajstić information content (AvgIpc) is 2.28. The molecular formula is C13H19BrO. The molecule has 0 aromatic heterocycles. The fourth-order valence-electron chi connectivity index (χ4n) is 1.46. The number of hydrogen-bond acceptors (Lipinski definition) is 1. The van der Waals surface area contributed by atoms with E-state index in [0.717, 1.165) is 30.5 Å². The van der Waals surface area contributed by atoms with Gasteiger partial charge in [0.2, 0.25) is 0 Å². The number of benzene rings is 1. The van der Waals surface area contributed by atoms with Crippen LogP contribution in [0.3, 0.4) is 0 Å². The molecule has 0 fully saturated rings. The van der Waals surface area contributed by atoms with E-state index in [1.165, 1.54) is 18.4 Å². The third-order valence-electron chi connectivity index (χ3n) is 2.31. The van der Waals surface area contributed by atoms with Crippen molar-refractivity contribution in [3.05, 3.63) is 29.8 Å². The molecule has 0 heterocycles. The van der Waals surface area contributed by atoms with E-state index in [-0.39, 0.29) is 0 Å². The molecule has 0 aliphatic heterocycles. The first-order valence-electron chi connectivity index (χ1n) is 5.65. The minimum Gasteiger partial charge on any atom is -0.493 e. The SMILES string of the molecule is CCCCc1ccccc1OCCCBr. The van der Waals surface area contributed by atoms with Crippen molar-refractivity contribution in [1.82, 2.24) is 0 Å². The number of alkyl halides is 1. The van der Waals surface area contributed by atoms with E-state index >= 15 is 0 Å². The maximum atomic E-state index is 5.74. The highest BCUT2D eigenvalue weighted by atomic mass is 79.9. The molecule has 0 atom stereocenters. The topological polar surface area (TPSA) is 9.23 Å². The molecule has 0 aliphatic rings. The molecule has 0 amide bonds. The Bertz CT molecular complexity index is 273. The van der Waals surface area contributed by atoms with Crippen LogP contribution >= 0.6 is 15.9 Å². The van der Waals surface area contributed by atoms with Crippen LogP contribution in [0.2, 0.25) is 0 Å². The normalized spacial score (nSPS) is 10.3. The minimum absolute atomic E-state index is 0.800. The smallest absolute Gasteiger partial charge is 0.122 e. The molecule has 15 heavy (non-hydrogen) atoms. The lowest BCUT2D eigenvalue weighted by Crippen LogP contribution is -2.00. The van der Waals surface area contributed by atoms with Gasteiger partial charge in [-0.1, -0.05) is 47.5 Å². The van der Waals surface area contributed by atoms with Crippen molar-refractivity contribution in [3.63, 3.8) is 0 Å². The highest BCUT2D eigenvalue weighted by Crippen LogP contribution is 2.20. The lowest BCUT2D eigenvalue weighted by Gasteiger charge is -2.10. The molecule has 0 saturated carbocycles. The molecule has 84 valence electrons. The summed E-state index contributed by atoms with van der Waals surface area (Å²) in [7, 11) is 0. The quantitative estimate of drug-likeness (QED) is 0.533. The van der Waals surface area contributed by atoms with Gasteiger partial charge in [-0.05, 0) is 30.9 Å². The van der Waals surface area contributed by atoms with Gasteiger partial charge >= 0.3 is 0 Å². The second-order valence-corrected chi connectivity index (χ2v) is 4.40. The monoisotopic (exact) mass is 270 g/mol. The van der Waals surface area contributed by atoms with Crippen molar-refractivity contribution in [2.24, 2.45) is 0 Å². The summed E-state index contributed by atoms with van der Waals surface area (Å²) in [6.45, 7) is 3.02. The summed E-state index contributed by atoms with van der Waals surface area (Å²) in [4.78, 5) is 0. The van der Waals surface area contributed by atoms with Crippen molar-refractivity contribution < 1.29 is 4.74 Å². The van der Waals surface area contributed by atoms with Gasteiger partial charge in [0.25, 0.3) is 0 Å². The maximum Gasteiger partial charge on any atom is 0.122 e. The lowest BCUT2D eigenvalue weighted by atomic mass is 10.1. The molecule has 1 aromatic rings. The lowest BCUT2D eigenvalue weighted by molar-refractivity contribution is 0.315. The molecule has 0 unspecified atom stereocenters. The van der Waals surface area contributed by atoms with Crippen molar-refractivity contribution >= 4 is 15.9 Å². The van der Waals surface area contributed by atoms with Crippen LogP contribution < -0.4 is 4.74 Å². The Hall–Kier alpha value is -0.500. The molecule has 0 spiro atoms. The first-order chi connectivity index (χ1) is 7.38. The van der Waals surface area contributed by atoms with Crippen LogP contribution in [0.15, 0.2) is 24.3 Å². The number of hydrogen-bond donors (Lipinski definition) is 0. The van der Waals surface area contributed by atoms with Crippen molar-refractivity contribution in [3.8, 4) is 5.75 Å². The summed E-state index contributed by atoms with van der Waals surface area (Å²) in [5.74, 6) is 1.06. The van der Waals surface area contributed by atoms with E-state index in [2.05, 4.69) is 41.1 Å². The third kappa shape index (κ3) is 4.70. The Labute approximate surface area is 101 Å². The van der Waals surface area contributed by atoms with Gasteiger partial charge in [0.1, 0.15) is 5.75 Å². The highest BCUT2D eigenvalue weighted by molar-refractivity contribution is 9.09. The van der Waals surface area contributed by atoms with Gasteiger partial charge in [0.05, 0.1) is 6.61 Å². The van der Waals surface area contributed by atoms with E-state index in [1.54, 1.807) is 0 Å². The first-order valence-corrected chi connectivity index (χ1v) is 6.77. The Morgan fingerprint density at radius 3 is 2.73 bits per heavy atom. The van der Waals surface area contributed by atoms with E-state index in [9.17, 15) is 0 Å². The third-order valence-corrected chi connectivity index (χ3v) is 2.87. The molecule has 1 nitrogen and oxygen atoms in total. The predicted molar refractivity (Wildman–Crippen MR) is 69.0 cm³/mol. The Morgan fingerprint density at radius 2 is 2.00 bits per heavy atom. The number of para-hydroxylation sites is 1. The van der Waals surface area contributed by atoms with E-state index in [4.69, 9.17) is 4.74 Å². The van der Waals surface area contributed by atoms with Crippen molar-refractivity contribution in [2.45, 2.75) is 32.6 Å². The van der Waals surface area contributed by atoms with Crippen molar-refractivity contribution in [1.29, 1.82) is 0 Å². The number of unbranched alkanes of at least 4 members (excludes halogenated alkanes) is 1. The Balaban J connectivity index is 2.52. The average molecular weight is 271 g/mol. The molecule has 1 aromatic carbocycles. The molecule has 0 radical (unpaired) electrons. The van der Waals surface area contributed by atoms with E-state index < -0.39 is 0 Å². The number of aryl methyl sites for hydroxylation is 1. The van der Waals surface area contributed by atoms with Gasteiger partial charge in [0, 0.05) is 5.33 Å². The zero-order valence-electron chi connectivity index (χ0n) is 9.34. The van der Waals surface area contributed by atoms with Crippen LogP contribution in [0.25, 0.3) is 0 Å². The van der Waals surface area contributed by atoms with Gasteiger partial charge in [0.15, 0.2) is 0 Å². The second-order valence-electron chi connectivity index (χ2n) is 3.60. The predicted octanol–water partition coefficient (Wildman–Crippen LogP) is 4.19. The Morgan fingerprint density at radius 1 is 1.20 bits per heavy atom. The van der Waals surface area contributed by atoms with Crippen molar-refractivity contribution in [2.75, 3.05) is 11.9 Å². The summed E-state index contributed by atoms with van der Waals surface area (Å²) in [5, 5.41) is 1.00. The van der Waals surface area contributed by atoms with Gasteiger partial charge in [-0.25, -0.2) is 0 Å². The summed E-state index contributed by atoms with van der Waals surface area (Å²) in [6, 6.07) is 8.36. The fourth-order valence-corrected chi connectivity index (χ4v) is 1.68. The van der Waals surface area contributed by atoms with Crippen LogP contribution in [0, 0.1) is 0 Å². The van der Waals surface area contributed by atoms with Gasteiger partial charge in [-0.2, -0.15) is 0 Å². The maximum absolute atomic E-state index is 5.74.